The van der Waals surface area contributed by atoms with E-state index in [1.807, 2.05) is 6.92 Å². The average molecular weight is 242 g/mol. The van der Waals surface area contributed by atoms with Crippen LogP contribution in [0.3, 0.4) is 0 Å². The average Bonchev–Trinajstić information content (AvgIpc) is 1.99. The molecule has 16 heavy (non-hydrogen) atoms. The van der Waals surface area contributed by atoms with Crippen molar-refractivity contribution in [3.05, 3.63) is 11.8 Å². The molecule has 94 valence electrons. The largest absolute Gasteiger partial charge is 0.547 e. The fourth-order valence-corrected chi connectivity index (χ4v) is 4.06. The van der Waals surface area contributed by atoms with Crippen molar-refractivity contribution in [2.75, 3.05) is 0 Å². The summed E-state index contributed by atoms with van der Waals surface area (Å²) < 4.78 is 6.05. The first-order chi connectivity index (χ1) is 7.00. The fraction of sp³-hybridized carbons (Fsp3) is 0.769. The first kappa shape index (κ1) is 15.4. The van der Waals surface area contributed by atoms with Gasteiger partial charge in [-0.15, -0.1) is 0 Å². The number of rotatable bonds is 5. The number of allylic oxidation sites excluding steroid dienone is 2. The van der Waals surface area contributed by atoms with Crippen molar-refractivity contribution in [3.63, 3.8) is 0 Å². The van der Waals surface area contributed by atoms with Crippen molar-refractivity contribution in [2.24, 2.45) is 5.92 Å². The molecule has 0 aromatic carbocycles. The normalized spacial score (nSPS) is 14.2. The zero-order valence-corrected chi connectivity index (χ0v) is 13.0. The van der Waals surface area contributed by atoms with Gasteiger partial charge in [0.2, 0.25) is 0 Å². The molecular formula is C13H26O2Si. The van der Waals surface area contributed by atoms with E-state index in [2.05, 4.69) is 40.8 Å². The van der Waals surface area contributed by atoms with Gasteiger partial charge in [0.1, 0.15) is 0 Å². The van der Waals surface area contributed by atoms with Gasteiger partial charge in [0.15, 0.2) is 5.78 Å². The van der Waals surface area contributed by atoms with Crippen molar-refractivity contribution in [1.82, 2.24) is 0 Å². The molecule has 0 aliphatic heterocycles. The van der Waals surface area contributed by atoms with E-state index < -0.39 is 8.32 Å². The molecule has 0 amide bonds. The minimum atomic E-state index is -1.84. The van der Waals surface area contributed by atoms with Crippen LogP contribution in [0.5, 0.6) is 0 Å². The highest BCUT2D eigenvalue weighted by Gasteiger charge is 2.44. The van der Waals surface area contributed by atoms with Crippen molar-refractivity contribution in [3.8, 4) is 0 Å². The highest BCUT2D eigenvalue weighted by molar-refractivity contribution is 6.74. The van der Waals surface area contributed by atoms with Crippen LogP contribution in [0, 0.1) is 5.92 Å². The second kappa shape index (κ2) is 5.17. The number of carbonyl (C=O) groups is 1. The zero-order valence-electron chi connectivity index (χ0n) is 12.0. The zero-order chi connectivity index (χ0) is 13.1. The summed E-state index contributed by atoms with van der Waals surface area (Å²) in [5.74, 6) is 1.36. The summed E-state index contributed by atoms with van der Waals surface area (Å²) in [6, 6.07) is 0. The molecule has 3 heteroatoms. The molecule has 0 atom stereocenters. The molecule has 0 radical (unpaired) electrons. The molecule has 0 aromatic heterocycles. The van der Waals surface area contributed by atoms with Gasteiger partial charge in [0.05, 0.1) is 5.76 Å². The predicted octanol–water partition coefficient (Wildman–Crippen LogP) is 4.14. The van der Waals surface area contributed by atoms with Crippen LogP contribution in [0.1, 0.15) is 41.5 Å². The molecule has 0 aromatic rings. The van der Waals surface area contributed by atoms with Crippen LogP contribution in [0.25, 0.3) is 0 Å². The monoisotopic (exact) mass is 242 g/mol. The summed E-state index contributed by atoms with van der Waals surface area (Å²) in [5.41, 5.74) is 0. The van der Waals surface area contributed by atoms with E-state index in [0.29, 0.717) is 5.92 Å². The maximum Gasteiger partial charge on any atom is 0.250 e. The highest BCUT2D eigenvalue weighted by Crippen LogP contribution is 2.45. The lowest BCUT2D eigenvalue weighted by molar-refractivity contribution is -0.112. The number of hydrogen-bond acceptors (Lipinski definition) is 2. The lowest BCUT2D eigenvalue weighted by Gasteiger charge is -2.42. The molecule has 0 fully saturated rings. The summed E-state index contributed by atoms with van der Waals surface area (Å²) in [7, 11) is -1.84. The molecule has 0 aliphatic carbocycles. The van der Waals surface area contributed by atoms with Crippen LogP contribution in [0.2, 0.25) is 18.1 Å². The highest BCUT2D eigenvalue weighted by atomic mass is 28.4. The Kier molecular flexibility index (Phi) is 4.99. The van der Waals surface area contributed by atoms with Gasteiger partial charge in [0.25, 0.3) is 8.32 Å². The topological polar surface area (TPSA) is 26.3 Å². The fourth-order valence-electron chi connectivity index (χ4n) is 1.54. The third kappa shape index (κ3) is 3.78. The Bertz CT molecular complexity index is 288. The van der Waals surface area contributed by atoms with E-state index in [-0.39, 0.29) is 10.8 Å². The summed E-state index contributed by atoms with van der Waals surface area (Å²) in [4.78, 5) is 11.0. The first-order valence-electron chi connectivity index (χ1n) is 5.88. The van der Waals surface area contributed by atoms with Gasteiger partial charge < -0.3 is 4.43 Å². The lowest BCUT2D eigenvalue weighted by atomic mass is 9.99. The smallest absolute Gasteiger partial charge is 0.250 e. The van der Waals surface area contributed by atoms with Crippen LogP contribution in [-0.4, -0.2) is 14.1 Å². The van der Waals surface area contributed by atoms with Gasteiger partial charge in [0, 0.05) is 6.08 Å². The van der Waals surface area contributed by atoms with Crippen LogP contribution in [0.4, 0.5) is 0 Å². The maximum absolute atomic E-state index is 11.0. The molecule has 0 bridgehead atoms. The predicted molar refractivity (Wildman–Crippen MR) is 71.9 cm³/mol. The molecule has 0 aliphatic rings. The van der Waals surface area contributed by atoms with Gasteiger partial charge in [-0.1, -0.05) is 27.7 Å². The minimum Gasteiger partial charge on any atom is -0.547 e. The van der Waals surface area contributed by atoms with Crippen molar-refractivity contribution >= 4 is 14.1 Å². The van der Waals surface area contributed by atoms with E-state index >= 15 is 0 Å². The number of carbonyl (C=O) groups excluding carboxylic acids is 1. The maximum atomic E-state index is 11.0. The Hall–Kier alpha value is -0.573. The van der Waals surface area contributed by atoms with E-state index in [4.69, 9.17) is 4.43 Å². The summed E-state index contributed by atoms with van der Waals surface area (Å²) in [5, 5.41) is 0.179. The van der Waals surface area contributed by atoms with Gasteiger partial charge in [-0.05, 0) is 37.9 Å². The Morgan fingerprint density at radius 3 is 2.00 bits per heavy atom. The van der Waals surface area contributed by atoms with Crippen molar-refractivity contribution < 1.29 is 9.22 Å². The van der Waals surface area contributed by atoms with E-state index in [1.54, 1.807) is 13.0 Å². The van der Waals surface area contributed by atoms with Crippen molar-refractivity contribution in [1.29, 1.82) is 0 Å². The molecule has 0 saturated carbocycles. The second-order valence-corrected chi connectivity index (χ2v) is 10.4. The molecule has 0 saturated heterocycles. The van der Waals surface area contributed by atoms with Crippen LogP contribution >= 0.6 is 0 Å². The summed E-state index contributed by atoms with van der Waals surface area (Å²) in [6.45, 7) is 16.8. The third-order valence-corrected chi connectivity index (χ3v) is 8.33. The first-order valence-corrected chi connectivity index (χ1v) is 8.79. The molecule has 0 heterocycles. The van der Waals surface area contributed by atoms with E-state index in [0.717, 1.165) is 5.76 Å². The molecule has 0 unspecified atom stereocenters. The Labute approximate surface area is 101 Å². The SMILES string of the molecule is CC(=O)C=C(C)O[Si](C)(C)C(C)(C)C(C)C. The van der Waals surface area contributed by atoms with E-state index in [9.17, 15) is 4.79 Å². The van der Waals surface area contributed by atoms with Gasteiger partial charge in [-0.2, -0.15) is 0 Å². The number of hydrogen-bond donors (Lipinski definition) is 0. The molecule has 0 rings (SSSR count). The molecule has 0 N–H and O–H groups in total. The van der Waals surface area contributed by atoms with E-state index in [1.165, 1.54) is 0 Å². The number of ketones is 1. The van der Waals surface area contributed by atoms with Gasteiger partial charge >= 0.3 is 0 Å². The lowest BCUT2D eigenvalue weighted by Crippen LogP contribution is -2.44. The standard InChI is InChI=1S/C13H26O2Si/c1-10(2)13(5,6)16(7,8)15-12(4)9-11(3)14/h9-10H,1-8H3. The Balaban J connectivity index is 4.89. The molecule has 2 nitrogen and oxygen atoms in total. The van der Waals surface area contributed by atoms with Crippen LogP contribution in [-0.2, 0) is 9.22 Å². The Morgan fingerprint density at radius 1 is 1.25 bits per heavy atom. The second-order valence-electron chi connectivity index (χ2n) is 5.85. The molecular weight excluding hydrogens is 216 g/mol. The molecule has 0 spiro atoms. The quantitative estimate of drug-likeness (QED) is 0.411. The third-order valence-electron chi connectivity index (χ3n) is 3.82. The summed E-state index contributed by atoms with van der Waals surface area (Å²) in [6.07, 6.45) is 1.57. The van der Waals surface area contributed by atoms with Gasteiger partial charge in [-0.25, -0.2) is 0 Å². The van der Waals surface area contributed by atoms with Gasteiger partial charge in [-0.3, -0.25) is 4.79 Å². The minimum absolute atomic E-state index is 0.0460. The van der Waals surface area contributed by atoms with Crippen LogP contribution in [0.15, 0.2) is 11.8 Å². The summed E-state index contributed by atoms with van der Waals surface area (Å²) >= 11 is 0. The Morgan fingerprint density at radius 2 is 1.69 bits per heavy atom. The van der Waals surface area contributed by atoms with Crippen LogP contribution < -0.4 is 0 Å². The van der Waals surface area contributed by atoms with Crippen molar-refractivity contribution in [2.45, 2.75) is 59.7 Å².